The third-order valence-electron chi connectivity index (χ3n) is 5.93. The average Bonchev–Trinajstić information content (AvgIpc) is 2.96. The summed E-state index contributed by atoms with van der Waals surface area (Å²) in [7, 11) is 0. The number of nitrogens with zero attached hydrogens (tertiary/aromatic N) is 1. The van der Waals surface area contributed by atoms with Gasteiger partial charge in [0.05, 0.1) is 0 Å². The molecule has 126 valence electrons. The van der Waals surface area contributed by atoms with Gasteiger partial charge < -0.3 is 4.90 Å². The zero-order valence-corrected chi connectivity index (χ0v) is 14.8. The van der Waals surface area contributed by atoms with Crippen LogP contribution in [0.1, 0.15) is 63.4 Å². The van der Waals surface area contributed by atoms with Gasteiger partial charge in [-0.2, -0.15) is 0 Å². The van der Waals surface area contributed by atoms with Crippen LogP contribution in [0.5, 0.6) is 0 Å². The molecular formula is C22H33N. The number of allylic oxidation sites excluding steroid dienone is 1. The number of hydrogen-bond acceptors (Lipinski definition) is 1. The summed E-state index contributed by atoms with van der Waals surface area (Å²) in [6, 6.07) is 11.1. The standard InChI is InChI=1S/C22H33N/c1-18-10-11-19(2)16-20(15-18)7-6-13-23-14-12-22(17-23)21-8-4-3-5-9-21/h3-5,8-9,19-20,22H,1,6-7,10-17H2,2H3/t19?,20?,22-/m1/s1. The Balaban J connectivity index is 1.40. The normalized spacial score (nSPS) is 29.6. The van der Waals surface area contributed by atoms with E-state index >= 15 is 0 Å². The van der Waals surface area contributed by atoms with Gasteiger partial charge in [0, 0.05) is 6.54 Å². The maximum atomic E-state index is 4.28. The lowest BCUT2D eigenvalue weighted by Crippen LogP contribution is -2.22. The van der Waals surface area contributed by atoms with E-state index in [9.17, 15) is 0 Å². The van der Waals surface area contributed by atoms with Crippen molar-refractivity contribution < 1.29 is 0 Å². The van der Waals surface area contributed by atoms with Gasteiger partial charge in [-0.15, -0.1) is 0 Å². The van der Waals surface area contributed by atoms with E-state index < -0.39 is 0 Å². The van der Waals surface area contributed by atoms with Crippen LogP contribution < -0.4 is 0 Å². The van der Waals surface area contributed by atoms with Gasteiger partial charge in [-0.05, 0) is 81.4 Å². The fraction of sp³-hybridized carbons (Fsp3) is 0.636. The van der Waals surface area contributed by atoms with Crippen LogP contribution in [-0.2, 0) is 0 Å². The summed E-state index contributed by atoms with van der Waals surface area (Å²) in [5, 5.41) is 0. The van der Waals surface area contributed by atoms with Gasteiger partial charge in [0.2, 0.25) is 0 Å². The molecule has 1 heteroatoms. The smallest absolute Gasteiger partial charge is 0.00507 e. The summed E-state index contributed by atoms with van der Waals surface area (Å²) in [6.07, 6.45) is 9.44. The number of rotatable bonds is 5. The summed E-state index contributed by atoms with van der Waals surface area (Å²) >= 11 is 0. The summed E-state index contributed by atoms with van der Waals surface area (Å²) < 4.78 is 0. The Morgan fingerprint density at radius 2 is 2.00 bits per heavy atom. The second-order valence-corrected chi connectivity index (χ2v) is 8.04. The van der Waals surface area contributed by atoms with Crippen LogP contribution in [0, 0.1) is 11.8 Å². The van der Waals surface area contributed by atoms with Crippen LogP contribution >= 0.6 is 0 Å². The van der Waals surface area contributed by atoms with Crippen LogP contribution in [0.2, 0.25) is 0 Å². The lowest BCUT2D eigenvalue weighted by atomic mass is 9.90. The zero-order valence-electron chi connectivity index (χ0n) is 14.8. The minimum atomic E-state index is 0.758. The van der Waals surface area contributed by atoms with E-state index in [2.05, 4.69) is 48.7 Å². The maximum absolute atomic E-state index is 4.28. The molecular weight excluding hydrogens is 278 g/mol. The van der Waals surface area contributed by atoms with Crippen LogP contribution in [-0.4, -0.2) is 24.5 Å². The van der Waals surface area contributed by atoms with Crippen molar-refractivity contribution in [3.63, 3.8) is 0 Å². The van der Waals surface area contributed by atoms with Crippen molar-refractivity contribution in [2.75, 3.05) is 19.6 Å². The molecule has 0 amide bonds. The molecule has 1 saturated heterocycles. The molecule has 1 saturated carbocycles. The van der Waals surface area contributed by atoms with Crippen molar-refractivity contribution in [2.45, 2.75) is 57.8 Å². The minimum absolute atomic E-state index is 0.758. The number of likely N-dealkylation sites (tertiary alicyclic amines) is 1. The highest BCUT2D eigenvalue weighted by Crippen LogP contribution is 2.33. The topological polar surface area (TPSA) is 3.24 Å². The lowest BCUT2D eigenvalue weighted by Gasteiger charge is -2.20. The fourth-order valence-electron chi connectivity index (χ4n) is 4.59. The van der Waals surface area contributed by atoms with Crippen molar-refractivity contribution >= 4 is 0 Å². The first kappa shape index (κ1) is 16.8. The minimum Gasteiger partial charge on any atom is -0.303 e. The van der Waals surface area contributed by atoms with E-state index in [1.54, 1.807) is 0 Å². The molecule has 1 aliphatic heterocycles. The monoisotopic (exact) mass is 311 g/mol. The summed E-state index contributed by atoms with van der Waals surface area (Å²) in [6.45, 7) is 10.5. The van der Waals surface area contributed by atoms with Crippen LogP contribution in [0.3, 0.4) is 0 Å². The number of hydrogen-bond donors (Lipinski definition) is 0. The first-order valence-electron chi connectivity index (χ1n) is 9.64. The number of benzene rings is 1. The van der Waals surface area contributed by atoms with Crippen LogP contribution in [0.4, 0.5) is 0 Å². The Morgan fingerprint density at radius 3 is 2.83 bits per heavy atom. The Labute approximate surface area is 142 Å². The largest absolute Gasteiger partial charge is 0.303 e. The molecule has 0 spiro atoms. The third kappa shape index (κ3) is 4.94. The average molecular weight is 312 g/mol. The van der Waals surface area contributed by atoms with Crippen molar-refractivity contribution in [1.82, 2.24) is 4.90 Å². The first-order valence-corrected chi connectivity index (χ1v) is 9.64. The molecule has 0 N–H and O–H groups in total. The highest BCUT2D eigenvalue weighted by molar-refractivity contribution is 5.20. The molecule has 2 unspecified atom stereocenters. The van der Waals surface area contributed by atoms with Gasteiger partial charge in [-0.3, -0.25) is 0 Å². The van der Waals surface area contributed by atoms with Gasteiger partial charge in [0.15, 0.2) is 0 Å². The highest BCUT2D eigenvalue weighted by atomic mass is 15.1. The molecule has 2 fully saturated rings. The van der Waals surface area contributed by atoms with Crippen LogP contribution in [0.25, 0.3) is 0 Å². The maximum Gasteiger partial charge on any atom is 0.00507 e. The summed E-state index contributed by atoms with van der Waals surface area (Å²) in [5.41, 5.74) is 3.04. The van der Waals surface area contributed by atoms with E-state index in [0.717, 1.165) is 17.8 Å². The van der Waals surface area contributed by atoms with Gasteiger partial charge in [-0.1, -0.05) is 49.4 Å². The molecule has 2 aliphatic rings. The molecule has 1 nitrogen and oxygen atoms in total. The lowest BCUT2D eigenvalue weighted by molar-refractivity contribution is 0.299. The first-order chi connectivity index (χ1) is 11.2. The molecule has 0 radical (unpaired) electrons. The van der Waals surface area contributed by atoms with Gasteiger partial charge in [0.25, 0.3) is 0 Å². The molecule has 1 aliphatic carbocycles. The van der Waals surface area contributed by atoms with E-state index in [0.29, 0.717) is 0 Å². The molecule has 0 bridgehead atoms. The van der Waals surface area contributed by atoms with Crippen LogP contribution in [0.15, 0.2) is 42.5 Å². The molecule has 1 aromatic carbocycles. The van der Waals surface area contributed by atoms with Crippen molar-refractivity contribution in [2.24, 2.45) is 11.8 Å². The van der Waals surface area contributed by atoms with E-state index in [4.69, 9.17) is 0 Å². The Kier molecular flexibility index (Phi) is 5.94. The molecule has 3 atom stereocenters. The molecule has 3 rings (SSSR count). The predicted molar refractivity (Wildman–Crippen MR) is 99.7 cm³/mol. The predicted octanol–water partition coefficient (Wildman–Crippen LogP) is 5.64. The molecule has 23 heavy (non-hydrogen) atoms. The van der Waals surface area contributed by atoms with Crippen molar-refractivity contribution in [1.29, 1.82) is 0 Å². The van der Waals surface area contributed by atoms with Gasteiger partial charge in [0.1, 0.15) is 0 Å². The summed E-state index contributed by atoms with van der Waals surface area (Å²) in [4.78, 5) is 2.69. The quantitative estimate of drug-likeness (QED) is 0.502. The van der Waals surface area contributed by atoms with Gasteiger partial charge >= 0.3 is 0 Å². The van der Waals surface area contributed by atoms with Gasteiger partial charge in [-0.25, -0.2) is 0 Å². The van der Waals surface area contributed by atoms with E-state index in [-0.39, 0.29) is 0 Å². The second-order valence-electron chi connectivity index (χ2n) is 8.04. The van der Waals surface area contributed by atoms with E-state index in [1.165, 1.54) is 75.7 Å². The summed E-state index contributed by atoms with van der Waals surface area (Å²) in [5.74, 6) is 2.55. The molecule has 1 aromatic rings. The van der Waals surface area contributed by atoms with Crippen molar-refractivity contribution in [3.05, 3.63) is 48.0 Å². The fourth-order valence-corrected chi connectivity index (χ4v) is 4.59. The molecule has 1 heterocycles. The SMILES string of the molecule is C=C1CCC(C)CC(CCCN2CC[C@@H](c3ccccc3)C2)C1. The Bertz CT molecular complexity index is 492. The Morgan fingerprint density at radius 1 is 1.17 bits per heavy atom. The Hall–Kier alpha value is -1.08. The van der Waals surface area contributed by atoms with Crippen molar-refractivity contribution in [3.8, 4) is 0 Å². The highest BCUT2D eigenvalue weighted by Gasteiger charge is 2.24. The zero-order chi connectivity index (χ0) is 16.1. The third-order valence-corrected chi connectivity index (χ3v) is 5.93. The van der Waals surface area contributed by atoms with E-state index in [1.807, 2.05) is 0 Å². The molecule has 0 aromatic heterocycles. The second kappa shape index (κ2) is 8.15.